The monoisotopic (exact) mass is 562 g/mol. The summed E-state index contributed by atoms with van der Waals surface area (Å²) in [7, 11) is 1.17. The van der Waals surface area contributed by atoms with Gasteiger partial charge in [-0.2, -0.15) is 26.3 Å². The summed E-state index contributed by atoms with van der Waals surface area (Å²) >= 11 is 0. The summed E-state index contributed by atoms with van der Waals surface area (Å²) in [6.07, 6.45) is -12.6. The molecule has 5 atom stereocenters. The van der Waals surface area contributed by atoms with Crippen molar-refractivity contribution in [2.24, 2.45) is 0 Å². The summed E-state index contributed by atoms with van der Waals surface area (Å²) in [4.78, 5) is 26.3. The van der Waals surface area contributed by atoms with E-state index in [9.17, 15) is 40.3 Å². The Morgan fingerprint density at radius 1 is 1.03 bits per heavy atom. The third kappa shape index (κ3) is 6.13. The zero-order valence-corrected chi connectivity index (χ0v) is 20.8. The van der Waals surface area contributed by atoms with Crippen LogP contribution in [0.3, 0.4) is 0 Å². The molecule has 0 aliphatic carbocycles. The van der Waals surface area contributed by atoms with Gasteiger partial charge < -0.3 is 19.7 Å². The number of rotatable bonds is 5. The van der Waals surface area contributed by atoms with Gasteiger partial charge in [-0.25, -0.2) is 9.18 Å². The highest BCUT2D eigenvalue weighted by Gasteiger charge is 2.52. The Morgan fingerprint density at radius 2 is 1.62 bits per heavy atom. The topological polar surface area (TPSA) is 67.9 Å². The normalized spacial score (nSPS) is 24.3. The summed E-state index contributed by atoms with van der Waals surface area (Å²) in [5.41, 5.74) is -2.78. The number of fused-ring (bicyclic) bond motifs is 1. The van der Waals surface area contributed by atoms with E-state index in [1.54, 1.807) is 0 Å². The molecule has 2 aromatic rings. The van der Waals surface area contributed by atoms with Crippen molar-refractivity contribution < 1.29 is 49.8 Å². The maximum Gasteiger partial charge on any atom is 0.416 e. The predicted octanol–water partition coefficient (Wildman–Crippen LogP) is 5.82. The van der Waals surface area contributed by atoms with Gasteiger partial charge in [-0.15, -0.1) is 0 Å². The van der Waals surface area contributed by atoms with Gasteiger partial charge in [0.15, 0.2) is 0 Å². The van der Waals surface area contributed by atoms with E-state index in [2.05, 4.69) is 5.32 Å². The van der Waals surface area contributed by atoms with Crippen molar-refractivity contribution >= 4 is 12.0 Å². The van der Waals surface area contributed by atoms with E-state index in [1.807, 2.05) is 0 Å². The molecule has 2 fully saturated rings. The van der Waals surface area contributed by atoms with Crippen LogP contribution in [0.25, 0.3) is 0 Å². The standard InChI is InChI=1S/C26H25F7N2O4/c1-13(15-9-16(25(28,29)30)11-17(10-15)26(31,32)33)39-20-12-35-21(36)8-7-19(34-24(37)38-2)23(35)22(20)14-3-5-18(27)6-4-14/h3-6,9-11,13,19-20,22-23H,7-8,12H2,1-2H3,(H,34,37)/t13-,19?,20+,22-,23?/m1/s1. The van der Waals surface area contributed by atoms with Gasteiger partial charge in [0.1, 0.15) is 5.82 Å². The quantitative estimate of drug-likeness (QED) is 0.467. The van der Waals surface area contributed by atoms with Gasteiger partial charge in [-0.05, 0) is 54.8 Å². The van der Waals surface area contributed by atoms with E-state index < -0.39 is 65.6 Å². The fourth-order valence-electron chi connectivity index (χ4n) is 5.32. The van der Waals surface area contributed by atoms with Crippen LogP contribution in [-0.2, 0) is 26.6 Å². The number of piperidine rings is 1. The Balaban J connectivity index is 1.72. The number of alkyl carbamates (subject to hydrolysis) is 1. The van der Waals surface area contributed by atoms with Gasteiger partial charge in [-0.3, -0.25) is 4.79 Å². The summed E-state index contributed by atoms with van der Waals surface area (Å²) < 4.78 is 105. The highest BCUT2D eigenvalue weighted by atomic mass is 19.4. The summed E-state index contributed by atoms with van der Waals surface area (Å²) in [6.45, 7) is 1.28. The van der Waals surface area contributed by atoms with E-state index in [-0.39, 0.29) is 36.9 Å². The van der Waals surface area contributed by atoms with Crippen LogP contribution in [0.1, 0.15) is 54.0 Å². The second-order valence-electron chi connectivity index (χ2n) is 9.55. The number of nitrogens with zero attached hydrogens (tertiary/aromatic N) is 1. The number of benzene rings is 2. The molecule has 4 rings (SSSR count). The molecule has 2 heterocycles. The average molecular weight is 562 g/mol. The molecule has 2 aromatic carbocycles. The van der Waals surface area contributed by atoms with Crippen molar-refractivity contribution in [2.45, 2.75) is 62.3 Å². The summed E-state index contributed by atoms with van der Waals surface area (Å²) in [6, 6.07) is 5.26. The lowest BCUT2D eigenvalue weighted by Crippen LogP contribution is -2.56. The number of hydrogen-bond acceptors (Lipinski definition) is 4. The van der Waals surface area contributed by atoms with Crippen LogP contribution in [-0.4, -0.2) is 48.7 Å². The number of halogens is 7. The third-order valence-corrected chi connectivity index (χ3v) is 7.11. The SMILES string of the molecule is COC(=O)NC1CCC(=O)N2C[C@H](O[C@H](C)c3cc(C(F)(F)F)cc(C(F)(F)F)c3)[C@@H](c3ccc(F)cc3)C12. The molecule has 0 spiro atoms. The van der Waals surface area contributed by atoms with Crippen molar-refractivity contribution in [1.29, 1.82) is 0 Å². The molecule has 2 saturated heterocycles. The molecule has 1 N–H and O–H groups in total. The molecule has 2 aliphatic heterocycles. The molecule has 0 saturated carbocycles. The molecule has 6 nitrogen and oxygen atoms in total. The van der Waals surface area contributed by atoms with Gasteiger partial charge in [0, 0.05) is 18.9 Å². The first kappa shape index (κ1) is 28.7. The summed E-state index contributed by atoms with van der Waals surface area (Å²) in [5, 5.41) is 2.69. The average Bonchev–Trinajstić information content (AvgIpc) is 3.24. The van der Waals surface area contributed by atoms with Crippen LogP contribution < -0.4 is 5.32 Å². The molecule has 2 aliphatic rings. The molecular weight excluding hydrogens is 537 g/mol. The maximum atomic E-state index is 13.7. The number of nitrogens with one attached hydrogen (secondary N) is 1. The van der Waals surface area contributed by atoms with E-state index >= 15 is 0 Å². The molecule has 212 valence electrons. The van der Waals surface area contributed by atoms with Crippen molar-refractivity contribution in [3.05, 3.63) is 70.5 Å². The van der Waals surface area contributed by atoms with Crippen LogP contribution in [0.5, 0.6) is 0 Å². The van der Waals surface area contributed by atoms with Gasteiger partial charge in [0.2, 0.25) is 5.91 Å². The van der Waals surface area contributed by atoms with E-state index in [0.717, 1.165) is 0 Å². The Morgan fingerprint density at radius 3 is 2.15 bits per heavy atom. The van der Waals surface area contributed by atoms with Gasteiger partial charge in [-0.1, -0.05) is 12.1 Å². The van der Waals surface area contributed by atoms with Gasteiger partial charge >= 0.3 is 18.4 Å². The van der Waals surface area contributed by atoms with Gasteiger partial charge in [0.05, 0.1) is 42.5 Å². The second-order valence-corrected chi connectivity index (χ2v) is 9.55. The number of methoxy groups -OCH3 is 1. The molecule has 0 radical (unpaired) electrons. The smallest absolute Gasteiger partial charge is 0.416 e. The third-order valence-electron chi connectivity index (χ3n) is 7.11. The van der Waals surface area contributed by atoms with Crippen LogP contribution >= 0.6 is 0 Å². The molecule has 39 heavy (non-hydrogen) atoms. The molecule has 0 aromatic heterocycles. The highest BCUT2D eigenvalue weighted by molar-refractivity contribution is 5.79. The van der Waals surface area contributed by atoms with Gasteiger partial charge in [0.25, 0.3) is 0 Å². The van der Waals surface area contributed by atoms with Crippen molar-refractivity contribution in [3.8, 4) is 0 Å². The second kappa shape index (κ2) is 10.7. The largest absolute Gasteiger partial charge is 0.453 e. The van der Waals surface area contributed by atoms with Crippen LogP contribution in [0.15, 0.2) is 42.5 Å². The number of carbonyl (C=O) groups excluding carboxylic acids is 2. The fraction of sp³-hybridized carbons (Fsp3) is 0.462. The zero-order valence-electron chi connectivity index (χ0n) is 20.8. The Kier molecular flexibility index (Phi) is 7.84. The van der Waals surface area contributed by atoms with Crippen LogP contribution in [0.2, 0.25) is 0 Å². The van der Waals surface area contributed by atoms with E-state index in [4.69, 9.17) is 9.47 Å². The maximum absolute atomic E-state index is 13.7. The number of carbonyl (C=O) groups is 2. The minimum atomic E-state index is -5.03. The first-order valence-corrected chi connectivity index (χ1v) is 12.0. The predicted molar refractivity (Wildman–Crippen MR) is 123 cm³/mol. The van der Waals surface area contributed by atoms with Crippen LogP contribution in [0, 0.1) is 5.82 Å². The molecule has 0 bridgehead atoms. The lowest BCUT2D eigenvalue weighted by atomic mass is 9.83. The van der Waals surface area contributed by atoms with Crippen molar-refractivity contribution in [1.82, 2.24) is 10.2 Å². The molecular formula is C26H25F7N2O4. The lowest BCUT2D eigenvalue weighted by molar-refractivity contribution is -0.143. The number of amides is 2. The number of alkyl halides is 6. The molecule has 2 amide bonds. The molecule has 13 heteroatoms. The Labute approximate surface area is 219 Å². The minimum Gasteiger partial charge on any atom is -0.453 e. The highest BCUT2D eigenvalue weighted by Crippen LogP contribution is 2.44. The number of hydrogen-bond donors (Lipinski definition) is 1. The fourth-order valence-corrected chi connectivity index (χ4v) is 5.32. The summed E-state index contributed by atoms with van der Waals surface area (Å²) in [5.74, 6) is -1.48. The van der Waals surface area contributed by atoms with Crippen molar-refractivity contribution in [3.63, 3.8) is 0 Å². The lowest BCUT2D eigenvalue weighted by Gasteiger charge is -2.39. The van der Waals surface area contributed by atoms with E-state index in [0.29, 0.717) is 17.7 Å². The van der Waals surface area contributed by atoms with E-state index in [1.165, 1.54) is 43.2 Å². The Hall–Kier alpha value is -3.35. The first-order chi connectivity index (χ1) is 18.2. The van der Waals surface area contributed by atoms with Crippen molar-refractivity contribution in [2.75, 3.05) is 13.7 Å². The Bertz CT molecular complexity index is 1180. The number of ether oxygens (including phenoxy) is 2. The first-order valence-electron chi connectivity index (χ1n) is 12.0. The van der Waals surface area contributed by atoms with Crippen LogP contribution in [0.4, 0.5) is 35.5 Å². The molecule has 2 unspecified atom stereocenters. The zero-order chi connectivity index (χ0) is 28.7. The minimum absolute atomic E-state index is 0.0368.